The molecule has 4 heterocycles. The molecule has 3 aliphatic rings. The zero-order chi connectivity index (χ0) is 6.55. The van der Waals surface area contributed by atoms with Gasteiger partial charge >= 0.3 is 18.0 Å². The van der Waals surface area contributed by atoms with Crippen LogP contribution < -0.4 is 14.5 Å². The van der Waals surface area contributed by atoms with Gasteiger partial charge in [-0.15, -0.1) is 15.0 Å². The fourth-order valence-electron chi connectivity index (χ4n) is 0.699. The molecule has 0 saturated heterocycles. The molecule has 0 aliphatic carbocycles. The number of hydrogen-bond donors (Lipinski definition) is 0. The lowest BCUT2D eigenvalue weighted by atomic mass is 10.9. The summed E-state index contributed by atoms with van der Waals surface area (Å²) in [5, 5.41) is 0.799. The second kappa shape index (κ2) is 1.12. The molecule has 4 bridgehead atoms. The normalized spacial score (nSPS) is 18.0. The molecule has 4 rings (SSSR count). The van der Waals surface area contributed by atoms with Crippen LogP contribution in [0.3, 0.4) is 0 Å². The highest BCUT2D eigenvalue weighted by atomic mass is 17.2. The van der Waals surface area contributed by atoms with Crippen LogP contribution in [0.5, 0.6) is 18.0 Å². The van der Waals surface area contributed by atoms with Crippen LogP contribution in [0.25, 0.3) is 0 Å². The van der Waals surface area contributed by atoms with Crippen LogP contribution in [-0.2, 0) is 0 Å². The number of aromatic nitrogens is 3. The van der Waals surface area contributed by atoms with Crippen LogP contribution in [0.2, 0.25) is 0 Å². The van der Waals surface area contributed by atoms with Gasteiger partial charge in [0.2, 0.25) is 5.39 Å². The monoisotopic (exact) mass is 140 g/mol. The molecular weight excluding hydrogens is 140 g/mol. The van der Waals surface area contributed by atoms with Gasteiger partial charge in [0.25, 0.3) is 0 Å². The number of nitrogens with zero attached hydrogens (tertiary/aromatic N) is 4. The van der Waals surface area contributed by atoms with Crippen molar-refractivity contribution >= 4 is 0 Å². The molecule has 10 heavy (non-hydrogen) atoms. The van der Waals surface area contributed by atoms with Gasteiger partial charge in [0.05, 0.1) is 0 Å². The van der Waals surface area contributed by atoms with Gasteiger partial charge < -0.3 is 0 Å². The maximum atomic E-state index is 4.69. The molecule has 1 aromatic rings. The van der Waals surface area contributed by atoms with Crippen LogP contribution in [0.15, 0.2) is 0 Å². The molecule has 0 N–H and O–H groups in total. The van der Waals surface area contributed by atoms with Gasteiger partial charge in [0.15, 0.2) is 0 Å². The number of rotatable bonds is 0. The highest BCUT2D eigenvalue weighted by Crippen LogP contribution is 2.25. The first-order valence-electron chi connectivity index (χ1n) is 2.50. The summed E-state index contributed by atoms with van der Waals surface area (Å²) < 4.78 is 0. The van der Waals surface area contributed by atoms with E-state index in [2.05, 4.69) is 15.0 Å². The lowest BCUT2D eigenvalue weighted by Gasteiger charge is -2.25. The maximum Gasteiger partial charge on any atom is 0.353 e. The minimum atomic E-state index is 0.192. The zero-order valence-electron chi connectivity index (χ0n) is 4.51. The van der Waals surface area contributed by atoms with Gasteiger partial charge in [0.1, 0.15) is 0 Å². The smallest absolute Gasteiger partial charge is 0.297 e. The second-order valence-electron chi connectivity index (χ2n) is 1.68. The Labute approximate surface area is 54.0 Å². The quantitative estimate of drug-likeness (QED) is 0.461. The number of hydrogen-bond acceptors (Lipinski definition) is 7. The molecule has 0 atom stereocenters. The first kappa shape index (κ1) is 4.23. The molecular formula is C3N4O3. The fourth-order valence-corrected chi connectivity index (χ4v) is 0.699. The SMILES string of the molecule is n1c2nc3nc1ON(O2)O3. The summed E-state index contributed by atoms with van der Waals surface area (Å²) in [6, 6.07) is 0.576. The summed E-state index contributed by atoms with van der Waals surface area (Å²) >= 11 is 0. The minimum Gasteiger partial charge on any atom is -0.297 e. The van der Waals surface area contributed by atoms with Gasteiger partial charge in [-0.05, 0) is 0 Å². The Morgan fingerprint density at radius 2 is 1.20 bits per heavy atom. The molecule has 0 fully saturated rings. The summed E-state index contributed by atoms with van der Waals surface area (Å²) in [7, 11) is 0. The van der Waals surface area contributed by atoms with Gasteiger partial charge in [0, 0.05) is 0 Å². The molecule has 50 valence electrons. The lowest BCUT2D eigenvalue weighted by Crippen LogP contribution is -2.43. The lowest BCUT2D eigenvalue weighted by molar-refractivity contribution is -0.438. The Hall–Kier alpha value is -1.63. The Balaban J connectivity index is 2.38. The summed E-state index contributed by atoms with van der Waals surface area (Å²) in [6.07, 6.45) is 0. The molecule has 7 nitrogen and oxygen atoms in total. The van der Waals surface area contributed by atoms with Gasteiger partial charge in [-0.1, -0.05) is 0 Å². The van der Waals surface area contributed by atoms with Crippen molar-refractivity contribution in [1.82, 2.24) is 20.3 Å². The van der Waals surface area contributed by atoms with Crippen LogP contribution in [0, 0.1) is 0 Å². The minimum absolute atomic E-state index is 0.192. The van der Waals surface area contributed by atoms with E-state index in [1.807, 2.05) is 0 Å². The van der Waals surface area contributed by atoms with Gasteiger partial charge in [-0.3, -0.25) is 14.5 Å². The maximum absolute atomic E-state index is 4.69. The fraction of sp³-hybridized carbons (Fsp3) is 0. The molecule has 0 spiro atoms. The molecule has 0 unspecified atom stereocenters. The summed E-state index contributed by atoms with van der Waals surface area (Å²) in [6.45, 7) is 0. The van der Waals surface area contributed by atoms with E-state index in [9.17, 15) is 0 Å². The summed E-state index contributed by atoms with van der Waals surface area (Å²) in [5.41, 5.74) is 0. The average molecular weight is 140 g/mol. The summed E-state index contributed by atoms with van der Waals surface area (Å²) in [4.78, 5) is 25.1. The van der Waals surface area contributed by atoms with Gasteiger partial charge in [-0.25, -0.2) is 0 Å². The van der Waals surface area contributed by atoms with Crippen molar-refractivity contribution in [3.05, 3.63) is 0 Å². The van der Waals surface area contributed by atoms with E-state index in [-0.39, 0.29) is 18.0 Å². The highest BCUT2D eigenvalue weighted by Gasteiger charge is 2.32. The summed E-state index contributed by atoms with van der Waals surface area (Å²) in [5.74, 6) is 0. The van der Waals surface area contributed by atoms with Crippen molar-refractivity contribution in [2.45, 2.75) is 0 Å². The van der Waals surface area contributed by atoms with Crippen molar-refractivity contribution in [2.24, 2.45) is 0 Å². The van der Waals surface area contributed by atoms with Crippen molar-refractivity contribution in [2.75, 3.05) is 0 Å². The molecule has 1 aromatic heterocycles. The Morgan fingerprint density at radius 1 is 0.800 bits per heavy atom. The van der Waals surface area contributed by atoms with E-state index in [4.69, 9.17) is 14.5 Å². The van der Waals surface area contributed by atoms with Crippen LogP contribution in [0.4, 0.5) is 0 Å². The molecule has 0 amide bonds. The first-order valence-corrected chi connectivity index (χ1v) is 2.50. The van der Waals surface area contributed by atoms with E-state index >= 15 is 0 Å². The van der Waals surface area contributed by atoms with Crippen LogP contribution >= 0.6 is 0 Å². The van der Waals surface area contributed by atoms with Crippen LogP contribution in [-0.4, -0.2) is 20.3 Å². The molecule has 0 saturated carbocycles. The third-order valence-electron chi connectivity index (χ3n) is 1.04. The van der Waals surface area contributed by atoms with Crippen LogP contribution in [0.1, 0.15) is 0 Å². The average Bonchev–Trinajstić information content (AvgIpc) is 1.82. The topological polar surface area (TPSA) is 69.6 Å². The van der Waals surface area contributed by atoms with E-state index < -0.39 is 0 Å². The van der Waals surface area contributed by atoms with E-state index in [1.165, 1.54) is 0 Å². The predicted octanol–water partition coefficient (Wildman–Crippen LogP) is -0.918. The third kappa shape index (κ3) is 0.367. The Bertz CT molecular complexity index is 242. The van der Waals surface area contributed by atoms with E-state index in [0.29, 0.717) is 0 Å². The van der Waals surface area contributed by atoms with E-state index in [0.717, 1.165) is 5.39 Å². The molecule has 7 heteroatoms. The Kier molecular flexibility index (Phi) is 0.472. The zero-order valence-corrected chi connectivity index (χ0v) is 4.51. The van der Waals surface area contributed by atoms with Crippen molar-refractivity contribution < 1.29 is 14.5 Å². The standard InChI is InChI=1S/C3N4O3/c4-1-5-3-6-2(4)9-7(8-1)10-3. The first-order chi connectivity index (χ1) is 4.90. The molecule has 0 aromatic carbocycles. The second-order valence-corrected chi connectivity index (χ2v) is 1.68. The largest absolute Gasteiger partial charge is 0.353 e. The van der Waals surface area contributed by atoms with E-state index in [1.54, 1.807) is 0 Å². The molecule has 0 radical (unpaired) electrons. The molecule has 3 aliphatic heterocycles. The third-order valence-corrected chi connectivity index (χ3v) is 1.04. The van der Waals surface area contributed by atoms with Gasteiger partial charge in [-0.2, -0.15) is 0 Å². The highest BCUT2D eigenvalue weighted by molar-refractivity contribution is 5.11. The predicted molar refractivity (Wildman–Crippen MR) is 23.5 cm³/mol. The van der Waals surface area contributed by atoms with Crippen molar-refractivity contribution in [3.8, 4) is 18.0 Å². The van der Waals surface area contributed by atoms with Crippen molar-refractivity contribution in [3.63, 3.8) is 0 Å². The van der Waals surface area contributed by atoms with Crippen molar-refractivity contribution in [1.29, 1.82) is 0 Å². The Morgan fingerprint density at radius 3 is 1.50 bits per heavy atom.